The van der Waals surface area contributed by atoms with Crippen LogP contribution in [0.5, 0.6) is 0 Å². The molecular formula is C14H24N2O4. The summed E-state index contributed by atoms with van der Waals surface area (Å²) < 4.78 is 0. The maximum Gasteiger partial charge on any atom is 0.324 e. The lowest BCUT2D eigenvalue weighted by Crippen LogP contribution is -2.47. The van der Waals surface area contributed by atoms with Gasteiger partial charge in [0.05, 0.1) is 0 Å². The molecule has 20 heavy (non-hydrogen) atoms. The van der Waals surface area contributed by atoms with E-state index in [1.807, 2.05) is 6.92 Å². The van der Waals surface area contributed by atoms with Gasteiger partial charge in [0.2, 0.25) is 5.91 Å². The molecule has 114 valence electrons. The van der Waals surface area contributed by atoms with Crippen molar-refractivity contribution in [3.8, 4) is 0 Å². The molecule has 1 saturated carbocycles. The van der Waals surface area contributed by atoms with Gasteiger partial charge in [-0.05, 0) is 25.7 Å². The Morgan fingerprint density at radius 2 is 1.85 bits per heavy atom. The van der Waals surface area contributed by atoms with Crippen molar-refractivity contribution >= 4 is 17.9 Å². The van der Waals surface area contributed by atoms with E-state index in [0.717, 1.165) is 25.7 Å². The van der Waals surface area contributed by atoms with Crippen molar-refractivity contribution in [1.82, 2.24) is 10.2 Å². The SMILES string of the molecule is CCN(C(=O)NC(=O)CC(C)CC(=O)O)C1CCCC1. The van der Waals surface area contributed by atoms with Crippen LogP contribution in [-0.4, -0.2) is 40.5 Å². The molecule has 1 aliphatic carbocycles. The Kier molecular flexibility index (Phi) is 6.48. The first kappa shape index (κ1) is 16.5. The first-order valence-electron chi connectivity index (χ1n) is 7.26. The fraction of sp³-hybridized carbons (Fsp3) is 0.786. The van der Waals surface area contributed by atoms with Gasteiger partial charge in [-0.1, -0.05) is 19.8 Å². The van der Waals surface area contributed by atoms with Crippen molar-refractivity contribution in [2.75, 3.05) is 6.54 Å². The number of nitrogens with one attached hydrogen (secondary N) is 1. The van der Waals surface area contributed by atoms with E-state index in [4.69, 9.17) is 5.11 Å². The fourth-order valence-electron chi connectivity index (χ4n) is 2.71. The molecule has 1 unspecified atom stereocenters. The van der Waals surface area contributed by atoms with Crippen LogP contribution < -0.4 is 5.32 Å². The van der Waals surface area contributed by atoms with Crippen LogP contribution in [0.4, 0.5) is 4.79 Å². The summed E-state index contributed by atoms with van der Waals surface area (Å²) in [6.45, 7) is 4.16. The molecule has 6 nitrogen and oxygen atoms in total. The van der Waals surface area contributed by atoms with Gasteiger partial charge >= 0.3 is 12.0 Å². The summed E-state index contributed by atoms with van der Waals surface area (Å²) in [5.41, 5.74) is 0. The molecule has 1 rings (SSSR count). The number of rotatable bonds is 6. The molecule has 0 saturated heterocycles. The molecular weight excluding hydrogens is 260 g/mol. The number of carboxylic acid groups (broad SMARTS) is 1. The van der Waals surface area contributed by atoms with Crippen LogP contribution in [-0.2, 0) is 9.59 Å². The largest absolute Gasteiger partial charge is 0.481 e. The Balaban J connectivity index is 2.42. The zero-order valence-corrected chi connectivity index (χ0v) is 12.2. The molecule has 0 aromatic rings. The third-order valence-electron chi connectivity index (χ3n) is 3.67. The second-order valence-electron chi connectivity index (χ2n) is 5.48. The lowest BCUT2D eigenvalue weighted by Gasteiger charge is -2.27. The van der Waals surface area contributed by atoms with Gasteiger partial charge in [-0.15, -0.1) is 0 Å². The number of aliphatic carboxylic acids is 1. The highest BCUT2D eigenvalue weighted by Gasteiger charge is 2.26. The number of hydrogen-bond donors (Lipinski definition) is 2. The number of carbonyl (C=O) groups is 3. The van der Waals surface area contributed by atoms with Crippen LogP contribution in [0, 0.1) is 5.92 Å². The summed E-state index contributed by atoms with van der Waals surface area (Å²) in [4.78, 5) is 36.0. The van der Waals surface area contributed by atoms with Crippen LogP contribution >= 0.6 is 0 Å². The summed E-state index contributed by atoms with van der Waals surface area (Å²) in [6, 6.07) is -0.129. The van der Waals surface area contributed by atoms with E-state index in [0.29, 0.717) is 6.54 Å². The van der Waals surface area contributed by atoms with E-state index in [9.17, 15) is 14.4 Å². The number of nitrogens with zero attached hydrogens (tertiary/aromatic N) is 1. The monoisotopic (exact) mass is 284 g/mol. The van der Waals surface area contributed by atoms with Gasteiger partial charge in [0.15, 0.2) is 0 Å². The minimum atomic E-state index is -0.933. The molecule has 6 heteroatoms. The molecule has 1 atom stereocenters. The first-order valence-corrected chi connectivity index (χ1v) is 7.26. The highest BCUT2D eigenvalue weighted by Crippen LogP contribution is 2.23. The fourth-order valence-corrected chi connectivity index (χ4v) is 2.71. The smallest absolute Gasteiger partial charge is 0.324 e. The highest BCUT2D eigenvalue weighted by molar-refractivity contribution is 5.94. The van der Waals surface area contributed by atoms with Crippen molar-refractivity contribution in [3.63, 3.8) is 0 Å². The Morgan fingerprint density at radius 1 is 1.25 bits per heavy atom. The second kappa shape index (κ2) is 7.87. The Labute approximate surface area is 119 Å². The molecule has 0 aromatic heterocycles. The molecule has 1 aliphatic rings. The van der Waals surface area contributed by atoms with Gasteiger partial charge < -0.3 is 10.0 Å². The van der Waals surface area contributed by atoms with E-state index >= 15 is 0 Å². The van der Waals surface area contributed by atoms with Crippen molar-refractivity contribution in [3.05, 3.63) is 0 Å². The third-order valence-corrected chi connectivity index (χ3v) is 3.67. The lowest BCUT2D eigenvalue weighted by molar-refractivity contribution is -0.138. The number of carboxylic acids is 1. The molecule has 0 heterocycles. The minimum Gasteiger partial charge on any atom is -0.481 e. The number of urea groups is 1. The van der Waals surface area contributed by atoms with Crippen molar-refractivity contribution in [1.29, 1.82) is 0 Å². The average molecular weight is 284 g/mol. The molecule has 1 fully saturated rings. The first-order chi connectivity index (χ1) is 9.43. The van der Waals surface area contributed by atoms with Gasteiger partial charge in [-0.25, -0.2) is 4.79 Å². The van der Waals surface area contributed by atoms with Gasteiger partial charge in [-0.3, -0.25) is 14.9 Å². The predicted octanol–water partition coefficient (Wildman–Crippen LogP) is 1.99. The molecule has 0 aromatic carbocycles. The van der Waals surface area contributed by atoms with Crippen LogP contribution in [0.15, 0.2) is 0 Å². The maximum absolute atomic E-state index is 12.1. The quantitative estimate of drug-likeness (QED) is 0.781. The molecule has 0 bridgehead atoms. The molecule has 2 N–H and O–H groups in total. The second-order valence-corrected chi connectivity index (χ2v) is 5.48. The number of carbonyl (C=O) groups excluding carboxylic acids is 2. The molecule has 0 radical (unpaired) electrons. The van der Waals surface area contributed by atoms with Crippen LogP contribution in [0.1, 0.15) is 52.4 Å². The van der Waals surface area contributed by atoms with E-state index in [-0.39, 0.29) is 30.8 Å². The average Bonchev–Trinajstić information content (AvgIpc) is 2.81. The summed E-state index contributed by atoms with van der Waals surface area (Å²) in [6.07, 6.45) is 4.22. The maximum atomic E-state index is 12.1. The van der Waals surface area contributed by atoms with E-state index in [2.05, 4.69) is 5.32 Å². The lowest BCUT2D eigenvalue weighted by atomic mass is 10.0. The zero-order chi connectivity index (χ0) is 15.1. The third kappa shape index (κ3) is 5.19. The summed E-state index contributed by atoms with van der Waals surface area (Å²) in [5.74, 6) is -1.61. The molecule has 0 spiro atoms. The minimum absolute atomic E-state index is 0.0558. The van der Waals surface area contributed by atoms with Crippen LogP contribution in [0.3, 0.4) is 0 Å². The standard InChI is InChI=1S/C14H24N2O4/c1-3-16(11-6-4-5-7-11)14(20)15-12(17)8-10(2)9-13(18)19/h10-11H,3-9H2,1-2H3,(H,18,19)(H,15,17,20). The van der Waals surface area contributed by atoms with E-state index in [1.54, 1.807) is 11.8 Å². The number of amides is 3. The highest BCUT2D eigenvalue weighted by atomic mass is 16.4. The Morgan fingerprint density at radius 3 is 2.35 bits per heavy atom. The zero-order valence-electron chi connectivity index (χ0n) is 12.2. The van der Waals surface area contributed by atoms with Gasteiger partial charge in [0, 0.05) is 25.4 Å². The van der Waals surface area contributed by atoms with Crippen LogP contribution in [0.2, 0.25) is 0 Å². The predicted molar refractivity (Wildman–Crippen MR) is 74.2 cm³/mol. The van der Waals surface area contributed by atoms with Crippen molar-refractivity contribution < 1.29 is 19.5 Å². The van der Waals surface area contributed by atoms with E-state index < -0.39 is 11.9 Å². The van der Waals surface area contributed by atoms with Gasteiger partial charge in [-0.2, -0.15) is 0 Å². The van der Waals surface area contributed by atoms with Crippen molar-refractivity contribution in [2.45, 2.75) is 58.4 Å². The number of hydrogen-bond acceptors (Lipinski definition) is 3. The topological polar surface area (TPSA) is 86.7 Å². The van der Waals surface area contributed by atoms with Crippen molar-refractivity contribution in [2.24, 2.45) is 5.92 Å². The summed E-state index contributed by atoms with van der Waals surface area (Å²) in [7, 11) is 0. The summed E-state index contributed by atoms with van der Waals surface area (Å²) >= 11 is 0. The molecule has 3 amide bonds. The van der Waals surface area contributed by atoms with Crippen LogP contribution in [0.25, 0.3) is 0 Å². The normalized spacial score (nSPS) is 16.7. The van der Waals surface area contributed by atoms with Gasteiger partial charge in [0.1, 0.15) is 0 Å². The van der Waals surface area contributed by atoms with Gasteiger partial charge in [0.25, 0.3) is 0 Å². The summed E-state index contributed by atoms with van der Waals surface area (Å²) in [5, 5.41) is 11.0. The van der Waals surface area contributed by atoms with E-state index in [1.165, 1.54) is 0 Å². The Hall–Kier alpha value is -1.59. The Bertz CT molecular complexity index is 364. The molecule has 0 aliphatic heterocycles. The number of imide groups is 1.